The van der Waals surface area contributed by atoms with Crippen molar-refractivity contribution >= 4 is 17.7 Å². The molecular weight excluding hydrogens is 340 g/mol. The first-order valence-electron chi connectivity index (χ1n) is 9.42. The lowest BCUT2D eigenvalue weighted by Crippen LogP contribution is -2.31. The minimum atomic E-state index is -0.108. The van der Waals surface area contributed by atoms with Crippen LogP contribution in [-0.2, 0) is 17.9 Å². The average molecular weight is 369 g/mol. The Kier molecular flexibility index (Phi) is 6.75. The fraction of sp³-hybridized carbons (Fsp3) is 0.409. The Morgan fingerprint density at radius 3 is 2.42 bits per heavy atom. The van der Waals surface area contributed by atoms with Crippen LogP contribution in [-0.4, -0.2) is 29.1 Å². The number of rotatable bonds is 7. The van der Waals surface area contributed by atoms with E-state index in [1.54, 1.807) is 11.8 Å². The van der Waals surface area contributed by atoms with Crippen molar-refractivity contribution in [2.24, 2.45) is 0 Å². The van der Waals surface area contributed by atoms with E-state index in [-0.39, 0.29) is 11.2 Å². The summed E-state index contributed by atoms with van der Waals surface area (Å²) in [6.45, 7) is 8.00. The summed E-state index contributed by atoms with van der Waals surface area (Å²) in [6.07, 6.45) is 2.60. The summed E-state index contributed by atoms with van der Waals surface area (Å²) in [5.41, 5.74) is 3.79. The van der Waals surface area contributed by atoms with Crippen LogP contribution in [0.15, 0.2) is 53.4 Å². The molecule has 0 unspecified atom stereocenters. The SMILES string of the molecule is Cc1ccc(S[C@@H](C)C(=O)NCc2ccccc2CN2CCCC2)cc1. The number of hydrogen-bond acceptors (Lipinski definition) is 3. The van der Waals surface area contributed by atoms with Gasteiger partial charge in [-0.3, -0.25) is 9.69 Å². The van der Waals surface area contributed by atoms with Crippen LogP contribution in [0.25, 0.3) is 0 Å². The summed E-state index contributed by atoms with van der Waals surface area (Å²) in [4.78, 5) is 16.1. The van der Waals surface area contributed by atoms with Crippen molar-refractivity contribution in [2.75, 3.05) is 13.1 Å². The molecule has 0 aliphatic carbocycles. The van der Waals surface area contributed by atoms with Crippen molar-refractivity contribution in [2.45, 2.75) is 49.9 Å². The predicted molar refractivity (Wildman–Crippen MR) is 109 cm³/mol. The van der Waals surface area contributed by atoms with E-state index in [9.17, 15) is 4.79 Å². The van der Waals surface area contributed by atoms with Crippen molar-refractivity contribution in [1.29, 1.82) is 0 Å². The maximum absolute atomic E-state index is 12.5. The van der Waals surface area contributed by atoms with Crippen LogP contribution in [0.3, 0.4) is 0 Å². The lowest BCUT2D eigenvalue weighted by molar-refractivity contribution is -0.120. The van der Waals surface area contributed by atoms with Crippen molar-refractivity contribution in [3.8, 4) is 0 Å². The Hall–Kier alpha value is -1.78. The van der Waals surface area contributed by atoms with Gasteiger partial charge < -0.3 is 5.32 Å². The van der Waals surface area contributed by atoms with E-state index in [2.05, 4.69) is 65.7 Å². The zero-order chi connectivity index (χ0) is 18.4. The van der Waals surface area contributed by atoms with Crippen LogP contribution in [0.4, 0.5) is 0 Å². The highest BCUT2D eigenvalue weighted by molar-refractivity contribution is 8.00. The number of thioether (sulfide) groups is 1. The van der Waals surface area contributed by atoms with E-state index in [0.29, 0.717) is 6.54 Å². The predicted octanol–water partition coefficient (Wildman–Crippen LogP) is 4.39. The fourth-order valence-corrected chi connectivity index (χ4v) is 4.16. The van der Waals surface area contributed by atoms with E-state index >= 15 is 0 Å². The minimum Gasteiger partial charge on any atom is -0.351 e. The number of hydrogen-bond donors (Lipinski definition) is 1. The molecule has 1 amide bonds. The Bertz CT molecular complexity index is 723. The third-order valence-electron chi connectivity index (χ3n) is 4.87. The van der Waals surface area contributed by atoms with Gasteiger partial charge in [0.15, 0.2) is 0 Å². The Balaban J connectivity index is 1.54. The van der Waals surface area contributed by atoms with Gasteiger partial charge in [-0.15, -0.1) is 11.8 Å². The van der Waals surface area contributed by atoms with Gasteiger partial charge in [0.25, 0.3) is 0 Å². The third kappa shape index (κ3) is 5.36. The summed E-state index contributed by atoms with van der Waals surface area (Å²) in [6, 6.07) is 16.8. The molecule has 0 saturated carbocycles. The molecule has 0 radical (unpaired) electrons. The number of carbonyl (C=O) groups is 1. The Labute approximate surface area is 161 Å². The van der Waals surface area contributed by atoms with Gasteiger partial charge in [0, 0.05) is 18.0 Å². The van der Waals surface area contributed by atoms with E-state index in [4.69, 9.17) is 0 Å². The summed E-state index contributed by atoms with van der Waals surface area (Å²) in [5, 5.41) is 3.01. The van der Waals surface area contributed by atoms with E-state index in [1.165, 1.54) is 42.6 Å². The first-order valence-corrected chi connectivity index (χ1v) is 10.3. The maximum atomic E-state index is 12.5. The van der Waals surface area contributed by atoms with Crippen LogP contribution in [0, 0.1) is 6.92 Å². The molecule has 1 N–H and O–H groups in total. The van der Waals surface area contributed by atoms with Crippen LogP contribution >= 0.6 is 11.8 Å². The second-order valence-corrected chi connectivity index (χ2v) is 8.46. The third-order valence-corrected chi connectivity index (χ3v) is 5.98. The number of likely N-dealkylation sites (tertiary alicyclic amines) is 1. The van der Waals surface area contributed by atoms with Gasteiger partial charge in [0.2, 0.25) is 5.91 Å². The average Bonchev–Trinajstić information content (AvgIpc) is 3.15. The van der Waals surface area contributed by atoms with Gasteiger partial charge in [-0.1, -0.05) is 42.0 Å². The van der Waals surface area contributed by atoms with Gasteiger partial charge in [-0.2, -0.15) is 0 Å². The normalized spacial score (nSPS) is 15.8. The van der Waals surface area contributed by atoms with Gasteiger partial charge in [-0.25, -0.2) is 0 Å². The lowest BCUT2D eigenvalue weighted by atomic mass is 10.1. The molecule has 3 nitrogen and oxygen atoms in total. The van der Waals surface area contributed by atoms with Crippen molar-refractivity contribution in [3.63, 3.8) is 0 Å². The summed E-state index contributed by atoms with van der Waals surface area (Å²) in [7, 11) is 0. The van der Waals surface area contributed by atoms with Crippen molar-refractivity contribution < 1.29 is 4.79 Å². The molecule has 4 heteroatoms. The maximum Gasteiger partial charge on any atom is 0.233 e. The van der Waals surface area contributed by atoms with Crippen LogP contribution < -0.4 is 5.32 Å². The molecule has 0 aromatic heterocycles. The molecular formula is C22H28N2OS. The molecule has 0 spiro atoms. The largest absolute Gasteiger partial charge is 0.351 e. The molecule has 1 atom stereocenters. The zero-order valence-corrected chi connectivity index (χ0v) is 16.5. The molecule has 26 heavy (non-hydrogen) atoms. The topological polar surface area (TPSA) is 32.3 Å². The molecule has 0 bridgehead atoms. The lowest BCUT2D eigenvalue weighted by Gasteiger charge is -2.18. The Morgan fingerprint density at radius 1 is 1.08 bits per heavy atom. The van der Waals surface area contributed by atoms with Crippen LogP contribution in [0.5, 0.6) is 0 Å². The monoisotopic (exact) mass is 368 g/mol. The molecule has 1 aliphatic rings. The van der Waals surface area contributed by atoms with E-state index in [0.717, 1.165) is 11.4 Å². The quantitative estimate of drug-likeness (QED) is 0.736. The number of benzene rings is 2. The first kappa shape index (κ1) is 19.0. The summed E-state index contributed by atoms with van der Waals surface area (Å²) >= 11 is 1.61. The number of nitrogens with one attached hydrogen (secondary N) is 1. The van der Waals surface area contributed by atoms with Crippen molar-refractivity contribution in [1.82, 2.24) is 10.2 Å². The fourth-order valence-electron chi connectivity index (χ4n) is 3.27. The number of carbonyl (C=O) groups excluding carboxylic acids is 1. The smallest absolute Gasteiger partial charge is 0.233 e. The molecule has 138 valence electrons. The number of nitrogens with zero attached hydrogens (tertiary/aromatic N) is 1. The summed E-state index contributed by atoms with van der Waals surface area (Å²) in [5.74, 6) is 0.0894. The second kappa shape index (κ2) is 9.24. The van der Waals surface area contributed by atoms with Crippen LogP contribution in [0.2, 0.25) is 0 Å². The highest BCUT2D eigenvalue weighted by atomic mass is 32.2. The molecule has 1 saturated heterocycles. The highest BCUT2D eigenvalue weighted by Gasteiger charge is 2.16. The van der Waals surface area contributed by atoms with Crippen LogP contribution in [0.1, 0.15) is 36.5 Å². The molecule has 1 heterocycles. The number of aryl methyl sites for hydroxylation is 1. The van der Waals surface area contributed by atoms with E-state index < -0.39 is 0 Å². The molecule has 2 aromatic rings. The summed E-state index contributed by atoms with van der Waals surface area (Å²) < 4.78 is 0. The standard InChI is InChI=1S/C22H28N2OS/c1-17-9-11-21(12-10-17)26-18(2)22(25)23-15-19-7-3-4-8-20(19)16-24-13-5-6-14-24/h3-4,7-12,18H,5-6,13-16H2,1-2H3,(H,23,25)/t18-/m0/s1. The first-order chi connectivity index (χ1) is 12.6. The van der Waals surface area contributed by atoms with Gasteiger partial charge in [-0.05, 0) is 63.0 Å². The number of amides is 1. The molecule has 1 fully saturated rings. The van der Waals surface area contributed by atoms with E-state index in [1.807, 2.05) is 6.92 Å². The molecule has 3 rings (SSSR count). The minimum absolute atomic E-state index is 0.0894. The van der Waals surface area contributed by atoms with Gasteiger partial charge in [0.1, 0.15) is 0 Å². The second-order valence-electron chi connectivity index (χ2n) is 7.04. The molecule has 2 aromatic carbocycles. The van der Waals surface area contributed by atoms with Crippen molar-refractivity contribution in [3.05, 3.63) is 65.2 Å². The molecule has 1 aliphatic heterocycles. The van der Waals surface area contributed by atoms with Gasteiger partial charge >= 0.3 is 0 Å². The zero-order valence-electron chi connectivity index (χ0n) is 15.7. The Morgan fingerprint density at radius 2 is 1.73 bits per heavy atom. The highest BCUT2D eigenvalue weighted by Crippen LogP contribution is 2.23. The van der Waals surface area contributed by atoms with Gasteiger partial charge in [0.05, 0.1) is 5.25 Å².